The molecule has 2 nitrogen and oxygen atoms in total. The fourth-order valence-corrected chi connectivity index (χ4v) is 1.86. The van der Waals surface area contributed by atoms with Gasteiger partial charge in [-0.05, 0) is 29.3 Å². The Morgan fingerprint density at radius 2 is 2.31 bits per heavy atom. The minimum absolute atomic E-state index is 0.408. The summed E-state index contributed by atoms with van der Waals surface area (Å²) in [4.78, 5) is 0. The zero-order valence-electron chi connectivity index (χ0n) is 8.37. The van der Waals surface area contributed by atoms with Crippen molar-refractivity contribution in [2.24, 2.45) is 0 Å². The number of thiophene rings is 1. The first-order valence-electron chi connectivity index (χ1n) is 4.51. The zero-order valence-corrected chi connectivity index (χ0v) is 9.19. The molecule has 0 saturated carbocycles. The SMILES string of the molecule is CC(C)NCC(C)(O)c1ccsc1. The Bertz CT molecular complexity index is 241. The van der Waals surface area contributed by atoms with Crippen molar-refractivity contribution in [2.45, 2.75) is 32.4 Å². The molecule has 0 fully saturated rings. The minimum atomic E-state index is -0.746. The molecule has 74 valence electrons. The summed E-state index contributed by atoms with van der Waals surface area (Å²) in [5, 5.41) is 17.3. The molecule has 0 aromatic carbocycles. The van der Waals surface area contributed by atoms with Crippen LogP contribution in [0, 0.1) is 0 Å². The molecule has 0 aliphatic rings. The quantitative estimate of drug-likeness (QED) is 0.777. The van der Waals surface area contributed by atoms with Gasteiger partial charge in [-0.15, -0.1) is 0 Å². The minimum Gasteiger partial charge on any atom is -0.384 e. The summed E-state index contributed by atoms with van der Waals surface area (Å²) < 4.78 is 0. The van der Waals surface area contributed by atoms with Crippen LogP contribution in [0.5, 0.6) is 0 Å². The van der Waals surface area contributed by atoms with E-state index < -0.39 is 5.60 Å². The van der Waals surface area contributed by atoms with Crippen LogP contribution in [0.15, 0.2) is 16.8 Å². The van der Waals surface area contributed by atoms with Crippen molar-refractivity contribution in [1.82, 2.24) is 5.32 Å². The van der Waals surface area contributed by atoms with Gasteiger partial charge in [-0.2, -0.15) is 11.3 Å². The second-order valence-electron chi connectivity index (χ2n) is 3.82. The van der Waals surface area contributed by atoms with E-state index >= 15 is 0 Å². The summed E-state index contributed by atoms with van der Waals surface area (Å²) in [5.74, 6) is 0. The van der Waals surface area contributed by atoms with Crippen LogP contribution in [0.2, 0.25) is 0 Å². The fraction of sp³-hybridized carbons (Fsp3) is 0.600. The summed E-state index contributed by atoms with van der Waals surface area (Å²) in [6.45, 7) is 6.58. The van der Waals surface area contributed by atoms with Crippen molar-refractivity contribution < 1.29 is 5.11 Å². The molecule has 13 heavy (non-hydrogen) atoms. The number of aliphatic hydroxyl groups is 1. The van der Waals surface area contributed by atoms with Crippen LogP contribution in [0.3, 0.4) is 0 Å². The van der Waals surface area contributed by atoms with Crippen LogP contribution in [0.4, 0.5) is 0 Å². The van der Waals surface area contributed by atoms with Gasteiger partial charge in [-0.3, -0.25) is 0 Å². The summed E-state index contributed by atoms with van der Waals surface area (Å²) >= 11 is 1.61. The normalized spacial score (nSPS) is 16.1. The summed E-state index contributed by atoms with van der Waals surface area (Å²) in [5.41, 5.74) is 0.246. The number of hydrogen-bond donors (Lipinski definition) is 2. The largest absolute Gasteiger partial charge is 0.384 e. The molecule has 0 aliphatic heterocycles. The van der Waals surface area contributed by atoms with Gasteiger partial charge in [0, 0.05) is 12.6 Å². The second kappa shape index (κ2) is 4.22. The predicted octanol–water partition coefficient (Wildman–Crippen LogP) is 1.95. The van der Waals surface area contributed by atoms with Crippen LogP contribution >= 0.6 is 11.3 Å². The highest BCUT2D eigenvalue weighted by Gasteiger charge is 2.22. The molecule has 0 aliphatic carbocycles. The predicted molar refractivity (Wildman–Crippen MR) is 57.0 cm³/mol. The first kappa shape index (κ1) is 10.7. The molecule has 0 saturated heterocycles. The molecule has 2 N–H and O–H groups in total. The van der Waals surface area contributed by atoms with Gasteiger partial charge in [-0.25, -0.2) is 0 Å². The van der Waals surface area contributed by atoms with Gasteiger partial charge in [0.1, 0.15) is 0 Å². The lowest BCUT2D eigenvalue weighted by atomic mass is 9.99. The van der Waals surface area contributed by atoms with Gasteiger partial charge in [0.15, 0.2) is 0 Å². The molecule has 1 rings (SSSR count). The molecule has 1 unspecified atom stereocenters. The van der Waals surface area contributed by atoms with Crippen LogP contribution in [0.25, 0.3) is 0 Å². The van der Waals surface area contributed by atoms with E-state index in [4.69, 9.17) is 0 Å². The Labute approximate surface area is 83.6 Å². The van der Waals surface area contributed by atoms with Gasteiger partial charge in [0.2, 0.25) is 0 Å². The van der Waals surface area contributed by atoms with Gasteiger partial charge in [-0.1, -0.05) is 13.8 Å². The molecule has 1 aromatic rings. The fourth-order valence-electron chi connectivity index (χ4n) is 1.08. The maximum Gasteiger partial charge on any atom is 0.1000 e. The average molecular weight is 199 g/mol. The van der Waals surface area contributed by atoms with Crippen molar-refractivity contribution in [1.29, 1.82) is 0 Å². The van der Waals surface area contributed by atoms with E-state index in [0.717, 1.165) is 5.56 Å². The zero-order chi connectivity index (χ0) is 9.90. The lowest BCUT2D eigenvalue weighted by molar-refractivity contribution is 0.0554. The van der Waals surface area contributed by atoms with Crippen LogP contribution in [-0.4, -0.2) is 17.7 Å². The molecule has 0 amide bonds. The molecular formula is C10H17NOS. The van der Waals surface area contributed by atoms with Crippen molar-refractivity contribution in [3.05, 3.63) is 22.4 Å². The third-order valence-corrected chi connectivity index (χ3v) is 2.68. The van der Waals surface area contributed by atoms with Crippen LogP contribution < -0.4 is 5.32 Å². The Morgan fingerprint density at radius 1 is 1.62 bits per heavy atom. The topological polar surface area (TPSA) is 32.3 Å². The molecule has 1 heterocycles. The molecule has 0 spiro atoms. The van der Waals surface area contributed by atoms with E-state index in [1.54, 1.807) is 11.3 Å². The van der Waals surface area contributed by atoms with Gasteiger partial charge < -0.3 is 10.4 Å². The average Bonchev–Trinajstić information content (AvgIpc) is 2.53. The highest BCUT2D eigenvalue weighted by Crippen LogP contribution is 2.21. The molecule has 1 aromatic heterocycles. The van der Waals surface area contributed by atoms with E-state index in [2.05, 4.69) is 19.2 Å². The van der Waals surface area contributed by atoms with Crippen molar-refractivity contribution in [2.75, 3.05) is 6.54 Å². The van der Waals surface area contributed by atoms with Gasteiger partial charge in [0.25, 0.3) is 0 Å². The van der Waals surface area contributed by atoms with E-state index in [1.807, 2.05) is 23.8 Å². The highest BCUT2D eigenvalue weighted by molar-refractivity contribution is 7.08. The van der Waals surface area contributed by atoms with Crippen molar-refractivity contribution in [3.8, 4) is 0 Å². The standard InChI is InChI=1S/C10H17NOS/c1-8(2)11-7-10(3,12)9-4-5-13-6-9/h4-6,8,11-12H,7H2,1-3H3. The molecular weight excluding hydrogens is 182 g/mol. The van der Waals surface area contributed by atoms with Gasteiger partial charge >= 0.3 is 0 Å². The first-order valence-corrected chi connectivity index (χ1v) is 5.45. The molecule has 0 radical (unpaired) electrons. The maximum atomic E-state index is 10.1. The van der Waals surface area contributed by atoms with E-state index in [9.17, 15) is 5.11 Å². The Balaban J connectivity index is 2.56. The lowest BCUT2D eigenvalue weighted by Crippen LogP contribution is -2.38. The number of hydrogen-bond acceptors (Lipinski definition) is 3. The summed E-state index contributed by atoms with van der Waals surface area (Å²) in [6.07, 6.45) is 0. The Hall–Kier alpha value is -0.380. The summed E-state index contributed by atoms with van der Waals surface area (Å²) in [7, 11) is 0. The van der Waals surface area contributed by atoms with Gasteiger partial charge in [0.05, 0.1) is 5.60 Å². The van der Waals surface area contributed by atoms with E-state index in [-0.39, 0.29) is 0 Å². The van der Waals surface area contributed by atoms with E-state index in [0.29, 0.717) is 12.6 Å². The second-order valence-corrected chi connectivity index (χ2v) is 4.60. The highest BCUT2D eigenvalue weighted by atomic mass is 32.1. The number of rotatable bonds is 4. The first-order chi connectivity index (χ1) is 6.02. The molecule has 0 bridgehead atoms. The monoisotopic (exact) mass is 199 g/mol. The number of nitrogens with one attached hydrogen (secondary N) is 1. The van der Waals surface area contributed by atoms with E-state index in [1.165, 1.54) is 0 Å². The molecule has 3 heteroatoms. The third-order valence-electron chi connectivity index (χ3n) is 2.00. The third kappa shape index (κ3) is 3.10. The lowest BCUT2D eigenvalue weighted by Gasteiger charge is -2.24. The maximum absolute atomic E-state index is 10.1. The Kier molecular flexibility index (Phi) is 3.47. The molecule has 1 atom stereocenters. The van der Waals surface area contributed by atoms with Crippen molar-refractivity contribution in [3.63, 3.8) is 0 Å². The van der Waals surface area contributed by atoms with Crippen molar-refractivity contribution >= 4 is 11.3 Å². The smallest absolute Gasteiger partial charge is 0.1000 e. The van der Waals surface area contributed by atoms with Crippen LogP contribution in [0.1, 0.15) is 26.3 Å². The summed E-state index contributed by atoms with van der Waals surface area (Å²) in [6, 6.07) is 2.37. The Morgan fingerprint density at radius 3 is 2.77 bits per heavy atom. The van der Waals surface area contributed by atoms with Crippen LogP contribution in [-0.2, 0) is 5.60 Å².